The van der Waals surface area contributed by atoms with Crippen molar-refractivity contribution in [1.29, 1.82) is 0 Å². The molecule has 0 bridgehead atoms. The van der Waals surface area contributed by atoms with E-state index < -0.39 is 0 Å². The van der Waals surface area contributed by atoms with Gasteiger partial charge in [-0.3, -0.25) is 14.6 Å². The number of amides is 1. The number of morpholine rings is 1. The number of benzene rings is 1. The van der Waals surface area contributed by atoms with E-state index in [1.165, 1.54) is 0 Å². The first-order chi connectivity index (χ1) is 17.5. The quantitative estimate of drug-likeness (QED) is 0.575. The number of piperidine rings is 1. The first-order valence-electron chi connectivity index (χ1n) is 13.6. The number of carbonyl (C=O) groups is 2. The number of likely N-dealkylation sites (tertiary alicyclic amines) is 1. The summed E-state index contributed by atoms with van der Waals surface area (Å²) in [7, 11) is 0. The van der Waals surface area contributed by atoms with Crippen LogP contribution in [0.2, 0.25) is 0 Å². The normalized spacial score (nSPS) is 23.6. The summed E-state index contributed by atoms with van der Waals surface area (Å²) in [5, 5.41) is 0. The predicted molar refractivity (Wildman–Crippen MR) is 138 cm³/mol. The van der Waals surface area contributed by atoms with Crippen LogP contribution in [0.25, 0.3) is 11.0 Å². The number of aromatic nitrogens is 2. The molecule has 8 nitrogen and oxygen atoms in total. The van der Waals surface area contributed by atoms with Crippen LogP contribution < -0.4 is 9.64 Å². The van der Waals surface area contributed by atoms with Crippen LogP contribution in [0, 0.1) is 11.8 Å². The van der Waals surface area contributed by atoms with Gasteiger partial charge in [-0.25, -0.2) is 4.98 Å². The molecular formula is C28H38N4O4. The summed E-state index contributed by atoms with van der Waals surface area (Å²) in [6, 6.07) is 4.20. The molecule has 1 aliphatic carbocycles. The highest BCUT2D eigenvalue weighted by Crippen LogP contribution is 2.35. The van der Waals surface area contributed by atoms with Crippen LogP contribution in [0.5, 0.6) is 5.75 Å². The van der Waals surface area contributed by atoms with Crippen molar-refractivity contribution in [2.24, 2.45) is 11.8 Å². The van der Waals surface area contributed by atoms with Gasteiger partial charge >= 0.3 is 0 Å². The standard InChI is InChI=1S/C28H38N4O4/c1-20(33)31-10-6-22(7-11-31)17-24(34)16-21-2-4-25(5-3-21)36-27-19-23(32-12-14-35-15-13-32)18-26-28(27)30-9-8-29-26/h8-9,18-19,21-22,25H,2-7,10-17H2,1H3. The summed E-state index contributed by atoms with van der Waals surface area (Å²) in [4.78, 5) is 37.6. The summed E-state index contributed by atoms with van der Waals surface area (Å²) in [6.45, 7) is 6.40. The Kier molecular flexibility index (Phi) is 7.99. The molecule has 0 spiro atoms. The second-order valence-corrected chi connectivity index (χ2v) is 10.6. The largest absolute Gasteiger partial charge is 0.488 e. The number of hydrogen-bond donors (Lipinski definition) is 0. The Morgan fingerprint density at radius 2 is 1.58 bits per heavy atom. The monoisotopic (exact) mass is 494 g/mol. The molecule has 2 saturated heterocycles. The smallest absolute Gasteiger partial charge is 0.219 e. The van der Waals surface area contributed by atoms with Crippen molar-refractivity contribution >= 4 is 28.4 Å². The van der Waals surface area contributed by atoms with E-state index in [1.54, 1.807) is 19.3 Å². The van der Waals surface area contributed by atoms with Crippen LogP contribution in [0.4, 0.5) is 5.69 Å². The zero-order valence-electron chi connectivity index (χ0n) is 21.4. The van der Waals surface area contributed by atoms with E-state index in [0.29, 0.717) is 30.5 Å². The summed E-state index contributed by atoms with van der Waals surface area (Å²) in [5.74, 6) is 2.22. The number of Topliss-reactive ketones (excluding diaryl/α,β-unsaturated/α-hetero) is 1. The topological polar surface area (TPSA) is 84.9 Å². The lowest BCUT2D eigenvalue weighted by molar-refractivity contribution is -0.130. The Balaban J connectivity index is 1.13. The fraction of sp³-hybridized carbons (Fsp3) is 0.643. The summed E-state index contributed by atoms with van der Waals surface area (Å²) >= 11 is 0. The van der Waals surface area contributed by atoms with Crippen LogP contribution in [-0.2, 0) is 14.3 Å². The third-order valence-electron chi connectivity index (χ3n) is 8.08. The van der Waals surface area contributed by atoms with Crippen molar-refractivity contribution in [3.05, 3.63) is 24.5 Å². The van der Waals surface area contributed by atoms with Gasteiger partial charge in [0.05, 0.1) is 24.8 Å². The maximum atomic E-state index is 12.8. The average Bonchev–Trinajstić information content (AvgIpc) is 2.90. The number of hydrogen-bond acceptors (Lipinski definition) is 7. The highest BCUT2D eigenvalue weighted by Gasteiger charge is 2.28. The molecular weight excluding hydrogens is 456 g/mol. The van der Waals surface area contributed by atoms with Gasteiger partial charge in [0.25, 0.3) is 0 Å². The zero-order valence-corrected chi connectivity index (χ0v) is 21.4. The van der Waals surface area contributed by atoms with Gasteiger partial charge in [-0.2, -0.15) is 0 Å². The molecule has 0 unspecified atom stereocenters. The van der Waals surface area contributed by atoms with Gasteiger partial charge in [0.2, 0.25) is 5.91 Å². The molecule has 1 saturated carbocycles. The van der Waals surface area contributed by atoms with Gasteiger partial charge in [0, 0.05) is 70.1 Å². The van der Waals surface area contributed by atoms with Crippen LogP contribution >= 0.6 is 0 Å². The van der Waals surface area contributed by atoms with Crippen molar-refractivity contribution in [1.82, 2.24) is 14.9 Å². The molecule has 36 heavy (non-hydrogen) atoms. The van der Waals surface area contributed by atoms with Gasteiger partial charge in [0.1, 0.15) is 17.0 Å². The number of carbonyl (C=O) groups excluding carboxylic acids is 2. The molecule has 3 fully saturated rings. The third-order valence-corrected chi connectivity index (χ3v) is 8.08. The predicted octanol–water partition coefficient (Wildman–Crippen LogP) is 4.01. The van der Waals surface area contributed by atoms with E-state index in [2.05, 4.69) is 27.0 Å². The van der Waals surface area contributed by atoms with Gasteiger partial charge in [-0.05, 0) is 56.4 Å². The van der Waals surface area contributed by atoms with Gasteiger partial charge < -0.3 is 19.3 Å². The first-order valence-corrected chi connectivity index (χ1v) is 13.6. The fourth-order valence-electron chi connectivity index (χ4n) is 5.94. The Hall–Kier alpha value is -2.74. The second kappa shape index (κ2) is 11.5. The lowest BCUT2D eigenvalue weighted by atomic mass is 9.82. The van der Waals surface area contributed by atoms with Crippen LogP contribution in [0.3, 0.4) is 0 Å². The third kappa shape index (κ3) is 6.14. The zero-order chi connectivity index (χ0) is 24.9. The lowest BCUT2D eigenvalue weighted by Gasteiger charge is -2.32. The number of ether oxygens (including phenoxy) is 2. The molecule has 2 aromatic rings. The highest BCUT2D eigenvalue weighted by atomic mass is 16.5. The molecule has 2 aliphatic heterocycles. The Labute approximate surface area is 213 Å². The van der Waals surface area contributed by atoms with Crippen molar-refractivity contribution in [2.45, 2.75) is 64.4 Å². The molecule has 1 amide bonds. The molecule has 8 heteroatoms. The summed E-state index contributed by atoms with van der Waals surface area (Å²) < 4.78 is 12.0. The first kappa shape index (κ1) is 24.9. The molecule has 0 radical (unpaired) electrons. The van der Waals surface area contributed by atoms with E-state index in [-0.39, 0.29) is 12.0 Å². The maximum Gasteiger partial charge on any atom is 0.219 e. The molecule has 5 rings (SSSR count). The van der Waals surface area contributed by atoms with Crippen LogP contribution in [0.15, 0.2) is 24.5 Å². The minimum absolute atomic E-state index is 0.136. The Morgan fingerprint density at radius 3 is 2.28 bits per heavy atom. The number of ketones is 1. The molecule has 0 N–H and O–H groups in total. The van der Waals surface area contributed by atoms with Gasteiger partial charge in [-0.1, -0.05) is 0 Å². The Morgan fingerprint density at radius 1 is 0.917 bits per heavy atom. The molecule has 3 aliphatic rings. The SMILES string of the molecule is CC(=O)N1CCC(CC(=O)CC2CCC(Oc3cc(N4CCOCC4)cc4nccnc34)CC2)CC1. The summed E-state index contributed by atoms with van der Waals surface area (Å²) in [6.07, 6.45) is 10.8. The van der Waals surface area contributed by atoms with Crippen molar-refractivity contribution in [3.63, 3.8) is 0 Å². The fourth-order valence-corrected chi connectivity index (χ4v) is 5.94. The molecule has 3 heterocycles. The van der Waals surface area contributed by atoms with E-state index in [1.807, 2.05) is 4.90 Å². The van der Waals surface area contributed by atoms with Gasteiger partial charge in [0.15, 0.2) is 0 Å². The van der Waals surface area contributed by atoms with E-state index >= 15 is 0 Å². The minimum Gasteiger partial charge on any atom is -0.488 e. The minimum atomic E-state index is 0.136. The average molecular weight is 495 g/mol. The molecule has 0 atom stereocenters. The van der Waals surface area contributed by atoms with E-state index in [4.69, 9.17) is 9.47 Å². The van der Waals surface area contributed by atoms with E-state index in [0.717, 1.165) is 100 Å². The molecule has 1 aromatic heterocycles. The maximum absolute atomic E-state index is 12.8. The molecule has 194 valence electrons. The lowest BCUT2D eigenvalue weighted by Crippen LogP contribution is -2.37. The Bertz CT molecular complexity index is 1050. The highest BCUT2D eigenvalue weighted by molar-refractivity contribution is 5.85. The number of anilines is 1. The second-order valence-electron chi connectivity index (χ2n) is 10.6. The molecule has 1 aromatic carbocycles. The number of rotatable bonds is 7. The van der Waals surface area contributed by atoms with Crippen LogP contribution in [-0.4, -0.2) is 72.1 Å². The summed E-state index contributed by atoms with van der Waals surface area (Å²) in [5.41, 5.74) is 2.77. The number of fused-ring (bicyclic) bond motifs is 1. The van der Waals surface area contributed by atoms with E-state index in [9.17, 15) is 9.59 Å². The van der Waals surface area contributed by atoms with Gasteiger partial charge in [-0.15, -0.1) is 0 Å². The number of nitrogens with zero attached hydrogens (tertiary/aromatic N) is 4. The van der Waals surface area contributed by atoms with Crippen LogP contribution in [0.1, 0.15) is 58.3 Å². The van der Waals surface area contributed by atoms with Crippen molar-refractivity contribution in [3.8, 4) is 5.75 Å². The van der Waals surface area contributed by atoms with Crippen molar-refractivity contribution in [2.75, 3.05) is 44.3 Å². The van der Waals surface area contributed by atoms with Crippen molar-refractivity contribution < 1.29 is 19.1 Å².